The second-order valence-corrected chi connectivity index (χ2v) is 6.64. The van der Waals surface area contributed by atoms with Gasteiger partial charge < -0.3 is 10.2 Å². The SMILES string of the molecule is CC(C)NC(=O)[C@H]1CCCN(C(=O)c2cc(-c3ccccn3)n[nH]2)C1. The Bertz CT molecular complexity index is 741. The first-order valence-corrected chi connectivity index (χ1v) is 8.61. The lowest BCUT2D eigenvalue weighted by atomic mass is 9.96. The Balaban J connectivity index is 1.68. The number of nitrogens with one attached hydrogen (secondary N) is 2. The molecule has 1 saturated heterocycles. The molecule has 1 aliphatic rings. The van der Waals surface area contributed by atoms with Crippen molar-refractivity contribution in [2.75, 3.05) is 13.1 Å². The van der Waals surface area contributed by atoms with Gasteiger partial charge in [-0.3, -0.25) is 19.7 Å². The number of aromatic nitrogens is 3. The molecule has 0 aromatic carbocycles. The molecule has 0 saturated carbocycles. The van der Waals surface area contributed by atoms with Crippen molar-refractivity contribution in [3.63, 3.8) is 0 Å². The van der Waals surface area contributed by atoms with Crippen LogP contribution in [0.2, 0.25) is 0 Å². The summed E-state index contributed by atoms with van der Waals surface area (Å²) in [6, 6.07) is 7.37. The van der Waals surface area contributed by atoms with Gasteiger partial charge in [-0.05, 0) is 44.9 Å². The third-order valence-corrected chi connectivity index (χ3v) is 4.25. The van der Waals surface area contributed by atoms with Crippen LogP contribution < -0.4 is 5.32 Å². The average molecular weight is 341 g/mol. The number of hydrogen-bond acceptors (Lipinski definition) is 4. The second-order valence-electron chi connectivity index (χ2n) is 6.64. The summed E-state index contributed by atoms with van der Waals surface area (Å²) in [5.41, 5.74) is 1.77. The molecule has 7 nitrogen and oxygen atoms in total. The standard InChI is InChI=1S/C18H23N5O2/c1-12(2)20-17(24)13-6-5-9-23(11-13)18(25)16-10-15(21-22-16)14-7-3-4-8-19-14/h3-4,7-8,10,12-13H,5-6,9,11H2,1-2H3,(H,20,24)(H,21,22)/t13-/m0/s1. The zero-order chi connectivity index (χ0) is 17.8. The first kappa shape index (κ1) is 17.1. The van der Waals surface area contributed by atoms with E-state index in [4.69, 9.17) is 0 Å². The molecule has 0 aliphatic carbocycles. The van der Waals surface area contributed by atoms with Crippen LogP contribution in [0.1, 0.15) is 37.2 Å². The number of hydrogen-bond donors (Lipinski definition) is 2. The van der Waals surface area contributed by atoms with Crippen LogP contribution in [0.5, 0.6) is 0 Å². The molecule has 1 aliphatic heterocycles. The number of carbonyl (C=O) groups is 2. The normalized spacial score (nSPS) is 17.6. The molecule has 3 rings (SSSR count). The molecule has 2 aromatic rings. The maximum Gasteiger partial charge on any atom is 0.271 e. The van der Waals surface area contributed by atoms with Gasteiger partial charge in [-0.2, -0.15) is 5.10 Å². The maximum atomic E-state index is 12.7. The first-order chi connectivity index (χ1) is 12.0. The van der Waals surface area contributed by atoms with Gasteiger partial charge in [0.1, 0.15) is 11.4 Å². The van der Waals surface area contributed by atoms with E-state index in [-0.39, 0.29) is 23.8 Å². The lowest BCUT2D eigenvalue weighted by Gasteiger charge is -2.32. The topological polar surface area (TPSA) is 91.0 Å². The number of rotatable bonds is 4. The molecule has 1 atom stereocenters. The molecule has 1 fully saturated rings. The molecule has 25 heavy (non-hydrogen) atoms. The molecule has 3 heterocycles. The van der Waals surface area contributed by atoms with Crippen LogP contribution in [0.3, 0.4) is 0 Å². The zero-order valence-electron chi connectivity index (χ0n) is 14.5. The predicted octanol–water partition coefficient (Wildman–Crippen LogP) is 1.85. The van der Waals surface area contributed by atoms with E-state index in [1.54, 1.807) is 17.2 Å². The van der Waals surface area contributed by atoms with Crippen molar-refractivity contribution in [3.8, 4) is 11.4 Å². The van der Waals surface area contributed by atoms with E-state index in [2.05, 4.69) is 20.5 Å². The van der Waals surface area contributed by atoms with Crippen molar-refractivity contribution in [1.29, 1.82) is 0 Å². The molecule has 132 valence electrons. The lowest BCUT2D eigenvalue weighted by Crippen LogP contribution is -2.46. The largest absolute Gasteiger partial charge is 0.354 e. The summed E-state index contributed by atoms with van der Waals surface area (Å²) >= 11 is 0. The summed E-state index contributed by atoms with van der Waals surface area (Å²) < 4.78 is 0. The van der Waals surface area contributed by atoms with Crippen molar-refractivity contribution < 1.29 is 9.59 Å². The fourth-order valence-corrected chi connectivity index (χ4v) is 3.03. The predicted molar refractivity (Wildman–Crippen MR) is 93.7 cm³/mol. The summed E-state index contributed by atoms with van der Waals surface area (Å²) in [5, 5.41) is 9.91. The lowest BCUT2D eigenvalue weighted by molar-refractivity contribution is -0.126. The van der Waals surface area contributed by atoms with Crippen molar-refractivity contribution >= 4 is 11.8 Å². The van der Waals surface area contributed by atoms with Crippen molar-refractivity contribution in [1.82, 2.24) is 25.4 Å². The van der Waals surface area contributed by atoms with Gasteiger partial charge in [-0.25, -0.2) is 0 Å². The van der Waals surface area contributed by atoms with Gasteiger partial charge in [-0.1, -0.05) is 6.07 Å². The minimum Gasteiger partial charge on any atom is -0.354 e. The fraction of sp³-hybridized carbons (Fsp3) is 0.444. The van der Waals surface area contributed by atoms with E-state index in [1.165, 1.54) is 0 Å². The fourth-order valence-electron chi connectivity index (χ4n) is 3.03. The average Bonchev–Trinajstić information content (AvgIpc) is 3.11. The maximum absolute atomic E-state index is 12.7. The molecule has 0 spiro atoms. The summed E-state index contributed by atoms with van der Waals surface area (Å²) in [6.07, 6.45) is 3.32. The van der Waals surface area contributed by atoms with Crippen molar-refractivity contribution in [3.05, 3.63) is 36.2 Å². The monoisotopic (exact) mass is 341 g/mol. The van der Waals surface area contributed by atoms with Crippen LogP contribution in [0.15, 0.2) is 30.5 Å². The smallest absolute Gasteiger partial charge is 0.271 e. The molecule has 2 aromatic heterocycles. The highest BCUT2D eigenvalue weighted by atomic mass is 16.2. The van der Waals surface area contributed by atoms with Gasteiger partial charge in [0.25, 0.3) is 5.91 Å². The van der Waals surface area contributed by atoms with Crippen LogP contribution in [-0.2, 0) is 4.79 Å². The van der Waals surface area contributed by atoms with Crippen LogP contribution in [0, 0.1) is 5.92 Å². The minimum absolute atomic E-state index is 0.0197. The van der Waals surface area contributed by atoms with Gasteiger partial charge in [-0.15, -0.1) is 0 Å². The van der Waals surface area contributed by atoms with Gasteiger partial charge in [0.05, 0.1) is 11.6 Å². The summed E-state index contributed by atoms with van der Waals surface area (Å²) in [7, 11) is 0. The number of likely N-dealkylation sites (tertiary alicyclic amines) is 1. The minimum atomic E-state index is -0.154. The van der Waals surface area contributed by atoms with E-state index >= 15 is 0 Å². The van der Waals surface area contributed by atoms with E-state index in [0.29, 0.717) is 30.2 Å². The van der Waals surface area contributed by atoms with E-state index in [9.17, 15) is 9.59 Å². The third kappa shape index (κ3) is 4.04. The molecule has 0 radical (unpaired) electrons. The van der Waals surface area contributed by atoms with Crippen LogP contribution in [-0.4, -0.2) is 51.0 Å². The Hall–Kier alpha value is -2.70. The molecular formula is C18H23N5O2. The highest BCUT2D eigenvalue weighted by Gasteiger charge is 2.29. The highest BCUT2D eigenvalue weighted by Crippen LogP contribution is 2.20. The number of aromatic amines is 1. The zero-order valence-corrected chi connectivity index (χ0v) is 14.5. The van der Waals surface area contributed by atoms with Crippen LogP contribution in [0.4, 0.5) is 0 Å². The molecule has 2 N–H and O–H groups in total. The Morgan fingerprint density at radius 3 is 2.88 bits per heavy atom. The Morgan fingerprint density at radius 1 is 1.32 bits per heavy atom. The summed E-state index contributed by atoms with van der Waals surface area (Å²) in [4.78, 5) is 30.9. The number of H-pyrrole nitrogens is 1. The van der Waals surface area contributed by atoms with Gasteiger partial charge in [0, 0.05) is 25.3 Å². The second kappa shape index (κ2) is 7.46. The highest BCUT2D eigenvalue weighted by molar-refractivity contribution is 5.93. The van der Waals surface area contributed by atoms with Crippen molar-refractivity contribution in [2.24, 2.45) is 5.92 Å². The van der Waals surface area contributed by atoms with Gasteiger partial charge in [0.2, 0.25) is 5.91 Å². The summed E-state index contributed by atoms with van der Waals surface area (Å²) in [6.45, 7) is 4.97. The van der Waals surface area contributed by atoms with E-state index in [0.717, 1.165) is 12.8 Å². The van der Waals surface area contributed by atoms with E-state index in [1.807, 2.05) is 32.0 Å². The Kier molecular flexibility index (Phi) is 5.11. The van der Waals surface area contributed by atoms with Crippen LogP contribution >= 0.6 is 0 Å². The number of piperidine rings is 1. The van der Waals surface area contributed by atoms with Crippen LogP contribution in [0.25, 0.3) is 11.4 Å². The quantitative estimate of drug-likeness (QED) is 0.888. The summed E-state index contributed by atoms with van der Waals surface area (Å²) in [5.74, 6) is -0.263. The Morgan fingerprint density at radius 2 is 2.16 bits per heavy atom. The number of amides is 2. The Labute approximate surface area is 146 Å². The molecule has 0 unspecified atom stereocenters. The number of carbonyl (C=O) groups excluding carboxylic acids is 2. The van der Waals surface area contributed by atoms with Crippen molar-refractivity contribution in [2.45, 2.75) is 32.7 Å². The number of pyridine rings is 1. The molecule has 2 amide bonds. The first-order valence-electron chi connectivity index (χ1n) is 8.61. The van der Waals surface area contributed by atoms with Gasteiger partial charge >= 0.3 is 0 Å². The molecule has 0 bridgehead atoms. The number of nitrogens with zero attached hydrogens (tertiary/aromatic N) is 3. The van der Waals surface area contributed by atoms with E-state index < -0.39 is 0 Å². The molecular weight excluding hydrogens is 318 g/mol. The van der Waals surface area contributed by atoms with Gasteiger partial charge in [0.15, 0.2) is 0 Å². The third-order valence-electron chi connectivity index (χ3n) is 4.25. The molecule has 7 heteroatoms.